The van der Waals surface area contributed by atoms with Gasteiger partial charge in [0.15, 0.2) is 6.61 Å². The molecule has 0 atom stereocenters. The van der Waals surface area contributed by atoms with Crippen LogP contribution in [0.4, 0.5) is 10.2 Å². The molecule has 6 nitrogen and oxygen atoms in total. The third kappa shape index (κ3) is 4.05. The molecule has 0 saturated carbocycles. The Morgan fingerprint density at radius 2 is 1.92 bits per heavy atom. The predicted octanol–water partition coefficient (Wildman–Crippen LogP) is 3.21. The monoisotopic (exact) mass is 350 g/mol. The van der Waals surface area contributed by atoms with Gasteiger partial charge in [0.05, 0.1) is 23.0 Å². The minimum absolute atomic E-state index is 0.195. The fourth-order valence-electron chi connectivity index (χ4n) is 2.32. The lowest BCUT2D eigenvalue weighted by Crippen LogP contribution is -2.21. The van der Waals surface area contributed by atoms with Crippen molar-refractivity contribution in [3.63, 3.8) is 0 Å². The molecule has 0 saturated heterocycles. The molecule has 3 aromatic rings. The lowest BCUT2D eigenvalue weighted by atomic mass is 10.2. The number of nitrogens with one attached hydrogen (secondary N) is 1. The van der Waals surface area contributed by atoms with Crippen molar-refractivity contribution in [2.45, 2.75) is 6.92 Å². The maximum absolute atomic E-state index is 13.1. The molecule has 0 fully saturated rings. The average molecular weight is 350 g/mol. The first-order chi connectivity index (χ1) is 12.5. The van der Waals surface area contributed by atoms with E-state index in [9.17, 15) is 9.18 Å². The van der Waals surface area contributed by atoms with Gasteiger partial charge in [0.2, 0.25) is 0 Å². The number of carbonyl (C=O) groups is 1. The van der Waals surface area contributed by atoms with Crippen LogP contribution in [-0.4, -0.2) is 22.3 Å². The summed E-state index contributed by atoms with van der Waals surface area (Å²) in [5, 5.41) is 15.8. The Bertz CT molecular complexity index is 957. The molecule has 1 aromatic heterocycles. The number of ether oxygens (including phenoxy) is 1. The number of hydrogen-bond acceptors (Lipinski definition) is 4. The summed E-state index contributed by atoms with van der Waals surface area (Å²) in [5.74, 6) is 0.238. The summed E-state index contributed by atoms with van der Waals surface area (Å²) < 4.78 is 20.0. The Balaban J connectivity index is 1.67. The summed E-state index contributed by atoms with van der Waals surface area (Å²) in [6, 6.07) is 16.0. The van der Waals surface area contributed by atoms with Crippen molar-refractivity contribution in [2.24, 2.45) is 0 Å². The second kappa shape index (κ2) is 7.49. The second-order valence-electron chi connectivity index (χ2n) is 5.53. The van der Waals surface area contributed by atoms with Crippen LogP contribution in [0.3, 0.4) is 0 Å². The number of anilines is 1. The van der Waals surface area contributed by atoms with Crippen LogP contribution in [0.25, 0.3) is 5.69 Å². The highest BCUT2D eigenvalue weighted by Crippen LogP contribution is 2.18. The number of nitrogens with zero attached hydrogens (tertiary/aromatic N) is 3. The van der Waals surface area contributed by atoms with Crippen molar-refractivity contribution in [3.05, 3.63) is 71.7 Å². The maximum Gasteiger partial charge on any atom is 0.263 e. The highest BCUT2D eigenvalue weighted by molar-refractivity contribution is 5.91. The van der Waals surface area contributed by atoms with E-state index in [1.807, 2.05) is 6.07 Å². The molecule has 0 bridgehead atoms. The van der Waals surface area contributed by atoms with Crippen LogP contribution in [-0.2, 0) is 4.79 Å². The van der Waals surface area contributed by atoms with E-state index in [0.29, 0.717) is 28.5 Å². The first-order valence-electron chi connectivity index (χ1n) is 7.80. The SMILES string of the molecule is Cc1cc(NC(=O)COc2ccc(C#N)cc2)n(-c2ccc(F)cc2)n1. The van der Waals surface area contributed by atoms with E-state index in [1.165, 1.54) is 16.8 Å². The van der Waals surface area contributed by atoms with Crippen LogP contribution < -0.4 is 10.1 Å². The topological polar surface area (TPSA) is 79.9 Å². The zero-order chi connectivity index (χ0) is 18.5. The lowest BCUT2D eigenvalue weighted by Gasteiger charge is -2.10. The third-order valence-electron chi connectivity index (χ3n) is 3.52. The minimum Gasteiger partial charge on any atom is -0.484 e. The molecule has 1 heterocycles. The van der Waals surface area contributed by atoms with Gasteiger partial charge in [0.25, 0.3) is 5.91 Å². The van der Waals surface area contributed by atoms with Crippen LogP contribution >= 0.6 is 0 Å². The van der Waals surface area contributed by atoms with Gasteiger partial charge < -0.3 is 10.1 Å². The predicted molar refractivity (Wildman–Crippen MR) is 93.5 cm³/mol. The molecule has 2 aromatic carbocycles. The molecular formula is C19H15FN4O2. The van der Waals surface area contributed by atoms with Gasteiger partial charge in [-0.1, -0.05) is 0 Å². The molecule has 0 radical (unpaired) electrons. The number of rotatable bonds is 5. The third-order valence-corrected chi connectivity index (χ3v) is 3.52. The van der Waals surface area contributed by atoms with Crippen molar-refractivity contribution in [3.8, 4) is 17.5 Å². The summed E-state index contributed by atoms with van der Waals surface area (Å²) in [5.41, 5.74) is 1.85. The van der Waals surface area contributed by atoms with Crippen LogP contribution in [0.5, 0.6) is 5.75 Å². The van der Waals surface area contributed by atoms with Crippen LogP contribution in [0.15, 0.2) is 54.6 Å². The maximum atomic E-state index is 13.1. The van der Waals surface area contributed by atoms with E-state index < -0.39 is 0 Å². The standard InChI is InChI=1S/C19H15FN4O2/c1-13-10-18(24(23-13)16-6-4-15(20)5-7-16)22-19(25)12-26-17-8-2-14(11-21)3-9-17/h2-10H,12H2,1H3,(H,22,25). The normalized spacial score (nSPS) is 10.2. The van der Waals surface area contributed by atoms with Gasteiger partial charge in [-0.05, 0) is 55.5 Å². The van der Waals surface area contributed by atoms with Crippen molar-refractivity contribution in [1.82, 2.24) is 9.78 Å². The van der Waals surface area contributed by atoms with Gasteiger partial charge in [-0.3, -0.25) is 4.79 Å². The van der Waals surface area contributed by atoms with Gasteiger partial charge in [-0.15, -0.1) is 0 Å². The van der Waals surface area contributed by atoms with E-state index in [-0.39, 0.29) is 18.3 Å². The Labute approximate surface area is 149 Å². The average Bonchev–Trinajstić information content (AvgIpc) is 3.01. The molecule has 130 valence electrons. The van der Waals surface area contributed by atoms with Gasteiger partial charge in [0.1, 0.15) is 17.4 Å². The zero-order valence-electron chi connectivity index (χ0n) is 13.9. The highest BCUT2D eigenvalue weighted by atomic mass is 19.1. The van der Waals surface area contributed by atoms with Crippen molar-refractivity contribution < 1.29 is 13.9 Å². The Kier molecular flexibility index (Phi) is 4.94. The van der Waals surface area contributed by atoms with Gasteiger partial charge >= 0.3 is 0 Å². The summed E-state index contributed by atoms with van der Waals surface area (Å²) in [6.45, 7) is 1.60. The Morgan fingerprint density at radius 3 is 2.58 bits per heavy atom. The summed E-state index contributed by atoms with van der Waals surface area (Å²) in [4.78, 5) is 12.2. The summed E-state index contributed by atoms with van der Waals surface area (Å²) >= 11 is 0. The van der Waals surface area contributed by atoms with Gasteiger partial charge in [0, 0.05) is 6.07 Å². The van der Waals surface area contributed by atoms with Gasteiger partial charge in [-0.25, -0.2) is 9.07 Å². The summed E-state index contributed by atoms with van der Waals surface area (Å²) in [7, 11) is 0. The molecule has 0 aliphatic carbocycles. The highest BCUT2D eigenvalue weighted by Gasteiger charge is 2.11. The van der Waals surface area contributed by atoms with Crippen LogP contribution in [0, 0.1) is 24.1 Å². The quantitative estimate of drug-likeness (QED) is 0.766. The smallest absolute Gasteiger partial charge is 0.263 e. The molecule has 26 heavy (non-hydrogen) atoms. The Hall–Kier alpha value is -3.66. The molecule has 0 aliphatic rings. The van der Waals surface area contributed by atoms with E-state index in [1.54, 1.807) is 49.4 Å². The first kappa shape index (κ1) is 17.2. The molecular weight excluding hydrogens is 335 g/mol. The fourth-order valence-corrected chi connectivity index (χ4v) is 2.32. The number of benzene rings is 2. The zero-order valence-corrected chi connectivity index (χ0v) is 13.9. The van der Waals surface area contributed by atoms with Gasteiger partial charge in [-0.2, -0.15) is 10.4 Å². The van der Waals surface area contributed by atoms with E-state index >= 15 is 0 Å². The number of nitriles is 1. The van der Waals surface area contributed by atoms with E-state index in [4.69, 9.17) is 10.00 Å². The number of halogens is 1. The fraction of sp³-hybridized carbons (Fsp3) is 0.105. The second-order valence-corrected chi connectivity index (χ2v) is 5.53. The Morgan fingerprint density at radius 1 is 1.23 bits per heavy atom. The molecule has 0 unspecified atom stereocenters. The summed E-state index contributed by atoms with van der Waals surface area (Å²) in [6.07, 6.45) is 0. The van der Waals surface area contributed by atoms with Crippen LogP contribution in [0.2, 0.25) is 0 Å². The van der Waals surface area contributed by atoms with Crippen molar-refractivity contribution >= 4 is 11.7 Å². The van der Waals surface area contributed by atoms with E-state index in [2.05, 4.69) is 10.4 Å². The van der Waals surface area contributed by atoms with Crippen LogP contribution in [0.1, 0.15) is 11.3 Å². The number of aromatic nitrogens is 2. The molecule has 1 N–H and O–H groups in total. The van der Waals surface area contributed by atoms with E-state index in [0.717, 1.165) is 0 Å². The number of hydrogen-bond donors (Lipinski definition) is 1. The minimum atomic E-state index is -0.363. The lowest BCUT2D eigenvalue weighted by molar-refractivity contribution is -0.118. The number of aryl methyl sites for hydroxylation is 1. The van der Waals surface area contributed by atoms with Crippen molar-refractivity contribution in [2.75, 3.05) is 11.9 Å². The van der Waals surface area contributed by atoms with Crippen molar-refractivity contribution in [1.29, 1.82) is 5.26 Å². The molecule has 7 heteroatoms. The molecule has 1 amide bonds. The number of carbonyl (C=O) groups excluding carboxylic acids is 1. The molecule has 3 rings (SSSR count). The first-order valence-corrected chi connectivity index (χ1v) is 7.80. The molecule has 0 aliphatic heterocycles. The molecule has 0 spiro atoms. The largest absolute Gasteiger partial charge is 0.484 e. The number of amides is 1.